The zero-order valence-corrected chi connectivity index (χ0v) is 11.7. The van der Waals surface area contributed by atoms with E-state index in [2.05, 4.69) is 15.6 Å². The molecule has 1 aromatic heterocycles. The van der Waals surface area contributed by atoms with Crippen LogP contribution >= 0.6 is 0 Å². The van der Waals surface area contributed by atoms with Crippen LogP contribution in [-0.4, -0.2) is 25.0 Å². The predicted octanol–water partition coefficient (Wildman–Crippen LogP) is 2.69. The molecule has 1 heterocycles. The normalized spacial score (nSPS) is 9.95. The molecule has 2 aromatic rings. The number of benzene rings is 1. The number of hydrogen-bond acceptors (Lipinski definition) is 4. The van der Waals surface area contributed by atoms with Crippen molar-refractivity contribution < 1.29 is 9.53 Å². The Morgan fingerprint density at radius 3 is 2.70 bits per heavy atom. The van der Waals surface area contributed by atoms with Crippen LogP contribution in [0.1, 0.15) is 16.1 Å². The molecule has 2 N–H and O–H groups in total. The van der Waals surface area contributed by atoms with Crippen molar-refractivity contribution >= 4 is 17.3 Å². The first kappa shape index (κ1) is 13.9. The molecule has 5 heteroatoms. The summed E-state index contributed by atoms with van der Waals surface area (Å²) in [4.78, 5) is 16.5. The molecule has 0 aliphatic rings. The zero-order chi connectivity index (χ0) is 14.5. The zero-order valence-electron chi connectivity index (χ0n) is 11.7. The molecule has 104 valence electrons. The third kappa shape index (κ3) is 2.88. The number of nitrogens with zero attached hydrogens (tertiary/aromatic N) is 1. The fourth-order valence-electron chi connectivity index (χ4n) is 1.89. The smallest absolute Gasteiger partial charge is 0.259 e. The van der Waals surface area contributed by atoms with Gasteiger partial charge in [0.05, 0.1) is 24.0 Å². The summed E-state index contributed by atoms with van der Waals surface area (Å²) in [5.41, 5.74) is 2.71. The van der Waals surface area contributed by atoms with E-state index in [0.717, 1.165) is 11.4 Å². The second-order valence-corrected chi connectivity index (χ2v) is 4.28. The average Bonchev–Trinajstić information content (AvgIpc) is 2.47. The number of aryl methyl sites for hydroxylation is 1. The molecule has 0 radical (unpaired) electrons. The Hall–Kier alpha value is -2.56. The van der Waals surface area contributed by atoms with Crippen molar-refractivity contribution in [3.8, 4) is 5.75 Å². The van der Waals surface area contributed by atoms with E-state index in [1.165, 1.54) is 0 Å². The van der Waals surface area contributed by atoms with Gasteiger partial charge in [0.25, 0.3) is 5.91 Å². The third-order valence-corrected chi connectivity index (χ3v) is 2.91. The van der Waals surface area contributed by atoms with Crippen LogP contribution in [0.15, 0.2) is 36.5 Å². The van der Waals surface area contributed by atoms with Crippen molar-refractivity contribution in [1.82, 2.24) is 4.98 Å². The summed E-state index contributed by atoms with van der Waals surface area (Å²) in [5.74, 6) is 0.387. The Morgan fingerprint density at radius 2 is 2.00 bits per heavy atom. The molecule has 0 saturated heterocycles. The standard InChI is InChI=1S/C15H17N3O2/c1-10-8-13(16-2)11(9-17-10)15(19)18-12-6-4-5-7-14(12)20-3/h4-9H,1-3H3,(H,16,17)(H,18,19). The van der Waals surface area contributed by atoms with Gasteiger partial charge >= 0.3 is 0 Å². The highest BCUT2D eigenvalue weighted by atomic mass is 16.5. The molecule has 1 amide bonds. The lowest BCUT2D eigenvalue weighted by atomic mass is 10.2. The first-order valence-electron chi connectivity index (χ1n) is 6.24. The topological polar surface area (TPSA) is 63.2 Å². The molecule has 0 spiro atoms. The fourth-order valence-corrected chi connectivity index (χ4v) is 1.89. The molecule has 0 aliphatic carbocycles. The molecule has 0 bridgehead atoms. The molecular weight excluding hydrogens is 254 g/mol. The highest BCUT2D eigenvalue weighted by Crippen LogP contribution is 2.24. The quantitative estimate of drug-likeness (QED) is 0.897. The minimum Gasteiger partial charge on any atom is -0.495 e. The van der Waals surface area contributed by atoms with Gasteiger partial charge in [-0.25, -0.2) is 0 Å². The molecule has 0 aliphatic heterocycles. The van der Waals surface area contributed by atoms with Gasteiger partial charge in [0.2, 0.25) is 0 Å². The minimum absolute atomic E-state index is 0.230. The van der Waals surface area contributed by atoms with Gasteiger partial charge in [0.1, 0.15) is 5.75 Å². The molecule has 1 aromatic carbocycles. The molecule has 0 atom stereocenters. The van der Waals surface area contributed by atoms with E-state index in [0.29, 0.717) is 17.0 Å². The van der Waals surface area contributed by atoms with Crippen LogP contribution < -0.4 is 15.4 Å². The van der Waals surface area contributed by atoms with Gasteiger partial charge in [0, 0.05) is 18.9 Å². The lowest BCUT2D eigenvalue weighted by Gasteiger charge is -2.12. The van der Waals surface area contributed by atoms with Crippen molar-refractivity contribution in [2.24, 2.45) is 0 Å². The number of rotatable bonds is 4. The second kappa shape index (κ2) is 6.06. The van der Waals surface area contributed by atoms with Crippen LogP contribution in [0, 0.1) is 6.92 Å². The molecule has 2 rings (SSSR count). The van der Waals surface area contributed by atoms with Crippen LogP contribution in [0.25, 0.3) is 0 Å². The summed E-state index contributed by atoms with van der Waals surface area (Å²) >= 11 is 0. The van der Waals surface area contributed by atoms with Crippen molar-refractivity contribution in [3.63, 3.8) is 0 Å². The average molecular weight is 271 g/mol. The number of ether oxygens (including phenoxy) is 1. The highest BCUT2D eigenvalue weighted by molar-refractivity contribution is 6.08. The number of carbonyl (C=O) groups is 1. The number of nitrogens with one attached hydrogen (secondary N) is 2. The number of aromatic nitrogens is 1. The predicted molar refractivity (Wildman–Crippen MR) is 79.5 cm³/mol. The lowest BCUT2D eigenvalue weighted by molar-refractivity contribution is 0.102. The van der Waals surface area contributed by atoms with Crippen LogP contribution in [0.5, 0.6) is 5.75 Å². The number of pyridine rings is 1. The van der Waals surface area contributed by atoms with E-state index < -0.39 is 0 Å². The van der Waals surface area contributed by atoms with E-state index in [1.54, 1.807) is 32.5 Å². The summed E-state index contributed by atoms with van der Waals surface area (Å²) in [6.45, 7) is 1.88. The molecule has 0 saturated carbocycles. The van der Waals surface area contributed by atoms with Gasteiger partial charge in [-0.2, -0.15) is 0 Å². The Labute approximate surface area is 118 Å². The van der Waals surface area contributed by atoms with E-state index in [-0.39, 0.29) is 5.91 Å². The van der Waals surface area contributed by atoms with Crippen LogP contribution in [0.3, 0.4) is 0 Å². The maximum absolute atomic E-state index is 12.3. The van der Waals surface area contributed by atoms with Crippen molar-refractivity contribution in [1.29, 1.82) is 0 Å². The Morgan fingerprint density at radius 1 is 1.25 bits per heavy atom. The number of carbonyl (C=O) groups excluding carboxylic acids is 1. The van der Waals surface area contributed by atoms with E-state index in [4.69, 9.17) is 4.74 Å². The van der Waals surface area contributed by atoms with Crippen LogP contribution in [-0.2, 0) is 0 Å². The number of anilines is 2. The molecule has 0 fully saturated rings. The Bertz CT molecular complexity index is 626. The SMILES string of the molecule is CNc1cc(C)ncc1C(=O)Nc1ccccc1OC. The van der Waals surface area contributed by atoms with Crippen LogP contribution in [0.2, 0.25) is 0 Å². The number of amides is 1. The molecule has 5 nitrogen and oxygen atoms in total. The van der Waals surface area contributed by atoms with Gasteiger partial charge in [-0.1, -0.05) is 12.1 Å². The highest BCUT2D eigenvalue weighted by Gasteiger charge is 2.13. The van der Waals surface area contributed by atoms with Crippen molar-refractivity contribution in [2.45, 2.75) is 6.92 Å². The monoisotopic (exact) mass is 271 g/mol. The summed E-state index contributed by atoms with van der Waals surface area (Å²) < 4.78 is 5.21. The maximum Gasteiger partial charge on any atom is 0.259 e. The fraction of sp³-hybridized carbons (Fsp3) is 0.200. The van der Waals surface area contributed by atoms with Gasteiger partial charge in [-0.3, -0.25) is 9.78 Å². The number of hydrogen-bond donors (Lipinski definition) is 2. The van der Waals surface area contributed by atoms with Crippen LogP contribution in [0.4, 0.5) is 11.4 Å². The van der Waals surface area contributed by atoms with Gasteiger partial charge in [0.15, 0.2) is 0 Å². The first-order valence-corrected chi connectivity index (χ1v) is 6.24. The Balaban J connectivity index is 2.28. The molecule has 0 unspecified atom stereocenters. The minimum atomic E-state index is -0.230. The summed E-state index contributed by atoms with van der Waals surface area (Å²) in [5, 5.41) is 5.83. The molecular formula is C15H17N3O2. The van der Waals surface area contributed by atoms with Crippen molar-refractivity contribution in [3.05, 3.63) is 47.8 Å². The van der Waals surface area contributed by atoms with Gasteiger partial charge in [-0.05, 0) is 25.1 Å². The first-order chi connectivity index (χ1) is 9.65. The van der Waals surface area contributed by atoms with E-state index >= 15 is 0 Å². The van der Waals surface area contributed by atoms with Crippen molar-refractivity contribution in [2.75, 3.05) is 24.8 Å². The van der Waals surface area contributed by atoms with Gasteiger partial charge < -0.3 is 15.4 Å². The summed E-state index contributed by atoms with van der Waals surface area (Å²) in [7, 11) is 3.34. The maximum atomic E-state index is 12.3. The third-order valence-electron chi connectivity index (χ3n) is 2.91. The van der Waals surface area contributed by atoms with E-state index in [1.807, 2.05) is 25.1 Å². The lowest BCUT2D eigenvalue weighted by Crippen LogP contribution is -2.15. The van der Waals surface area contributed by atoms with Gasteiger partial charge in [-0.15, -0.1) is 0 Å². The summed E-state index contributed by atoms with van der Waals surface area (Å²) in [6.07, 6.45) is 1.56. The Kier molecular flexibility index (Phi) is 4.20. The summed E-state index contributed by atoms with van der Waals surface area (Å²) in [6, 6.07) is 9.10. The largest absolute Gasteiger partial charge is 0.495 e. The number of methoxy groups -OCH3 is 1. The second-order valence-electron chi connectivity index (χ2n) is 4.28. The molecule has 20 heavy (non-hydrogen) atoms. The number of para-hydroxylation sites is 2. The van der Waals surface area contributed by atoms with E-state index in [9.17, 15) is 4.79 Å².